The molecule has 3 aromatic carbocycles. The van der Waals surface area contributed by atoms with Gasteiger partial charge in [0.2, 0.25) is 5.78 Å². The lowest BCUT2D eigenvalue weighted by atomic mass is 10.0. The molecule has 6 rings (SSSR count). The first-order valence-electron chi connectivity index (χ1n) is 15.2. The molecule has 0 saturated carbocycles. The van der Waals surface area contributed by atoms with Crippen LogP contribution in [0, 0.1) is 23.3 Å². The highest BCUT2D eigenvalue weighted by Crippen LogP contribution is 2.22. The van der Waals surface area contributed by atoms with Crippen molar-refractivity contribution in [2.24, 2.45) is 0 Å². The van der Waals surface area contributed by atoms with Gasteiger partial charge >= 0.3 is 0 Å². The van der Waals surface area contributed by atoms with Gasteiger partial charge in [-0.2, -0.15) is 0 Å². The number of hydrogen-bond acceptors (Lipinski definition) is 6. The number of rotatable bonds is 9. The zero-order chi connectivity index (χ0) is 34.7. The number of aromatic nitrogens is 3. The second-order valence-corrected chi connectivity index (χ2v) is 11.5. The molecule has 1 N–H and O–H groups in total. The number of anilines is 1. The lowest BCUT2D eigenvalue weighted by Crippen LogP contribution is -2.50. The van der Waals surface area contributed by atoms with E-state index in [1.54, 1.807) is 18.6 Å². The van der Waals surface area contributed by atoms with Crippen molar-refractivity contribution in [3.8, 4) is 5.69 Å². The molecule has 0 unspecified atom stereocenters. The van der Waals surface area contributed by atoms with Gasteiger partial charge in [0.05, 0.1) is 18.4 Å². The third-order valence-electron chi connectivity index (χ3n) is 8.27. The van der Waals surface area contributed by atoms with Crippen molar-refractivity contribution in [3.63, 3.8) is 0 Å². The topological polar surface area (TPSA) is 101 Å². The Morgan fingerprint density at radius 3 is 2.18 bits per heavy atom. The second-order valence-electron chi connectivity index (χ2n) is 11.5. The van der Waals surface area contributed by atoms with Crippen molar-refractivity contribution in [1.29, 1.82) is 0 Å². The van der Waals surface area contributed by atoms with Gasteiger partial charge in [-0.3, -0.25) is 14.4 Å². The summed E-state index contributed by atoms with van der Waals surface area (Å²) in [6.45, 7) is 1.01. The number of hydrogen-bond donors (Lipinski definition) is 1. The molecule has 250 valence electrons. The van der Waals surface area contributed by atoms with E-state index < -0.39 is 63.8 Å². The third-order valence-corrected chi connectivity index (χ3v) is 8.27. The highest BCUT2D eigenvalue weighted by atomic mass is 19.1. The van der Waals surface area contributed by atoms with Gasteiger partial charge in [0, 0.05) is 91.9 Å². The normalized spacial score (nSPS) is 13.5. The Morgan fingerprint density at radius 2 is 1.53 bits per heavy atom. The predicted molar refractivity (Wildman–Crippen MR) is 173 cm³/mol. The zero-order valence-corrected chi connectivity index (χ0v) is 25.9. The van der Waals surface area contributed by atoms with E-state index in [2.05, 4.69) is 9.88 Å². The monoisotopic (exact) mass is 671 g/mol. The summed E-state index contributed by atoms with van der Waals surface area (Å²) in [5.74, 6) is -6.91. The molecule has 0 radical (unpaired) electrons. The van der Waals surface area contributed by atoms with Crippen molar-refractivity contribution in [2.45, 2.75) is 13.0 Å². The maximum absolute atomic E-state index is 14.5. The number of carbonyl (C=O) groups is 2. The minimum Gasteiger partial charge on any atom is -0.507 e. The lowest BCUT2D eigenvalue weighted by molar-refractivity contribution is -0.142. The first kappa shape index (κ1) is 32.9. The Bertz CT molecular complexity index is 2080. The molecule has 5 aromatic rings. The summed E-state index contributed by atoms with van der Waals surface area (Å²) in [7, 11) is 0. The molecule has 13 heteroatoms. The zero-order valence-electron chi connectivity index (χ0n) is 25.9. The average Bonchev–Trinajstić information content (AvgIpc) is 3.64. The van der Waals surface area contributed by atoms with Crippen molar-refractivity contribution >= 4 is 23.1 Å². The Kier molecular flexibility index (Phi) is 9.42. The predicted octanol–water partition coefficient (Wildman–Crippen LogP) is 5.05. The van der Waals surface area contributed by atoms with E-state index in [4.69, 9.17) is 0 Å². The van der Waals surface area contributed by atoms with Crippen LogP contribution < -0.4 is 10.5 Å². The molecule has 1 saturated heterocycles. The number of piperazine rings is 1. The fraction of sp³-hybridized carbons (Fsp3) is 0.167. The van der Waals surface area contributed by atoms with Crippen LogP contribution >= 0.6 is 0 Å². The maximum Gasteiger partial charge on any atom is 0.294 e. The molecule has 9 nitrogen and oxygen atoms in total. The van der Waals surface area contributed by atoms with Crippen LogP contribution in [-0.4, -0.2) is 62.0 Å². The van der Waals surface area contributed by atoms with Crippen LogP contribution in [0.15, 0.2) is 103 Å². The summed E-state index contributed by atoms with van der Waals surface area (Å²) in [5.41, 5.74) is 0.249. The number of ketones is 1. The number of benzene rings is 3. The Balaban J connectivity index is 1.21. The van der Waals surface area contributed by atoms with Crippen LogP contribution in [0.3, 0.4) is 0 Å². The molecule has 2 aromatic heterocycles. The molecule has 0 bridgehead atoms. The molecule has 1 aliphatic rings. The molecule has 1 fully saturated rings. The molecule has 1 aliphatic heterocycles. The fourth-order valence-corrected chi connectivity index (χ4v) is 5.69. The number of amides is 1. The Morgan fingerprint density at radius 1 is 0.857 bits per heavy atom. The largest absolute Gasteiger partial charge is 0.507 e. The van der Waals surface area contributed by atoms with Gasteiger partial charge < -0.3 is 24.0 Å². The average molecular weight is 672 g/mol. The number of halogens is 4. The summed E-state index contributed by atoms with van der Waals surface area (Å²) < 4.78 is 59.9. The fourth-order valence-electron chi connectivity index (χ4n) is 5.69. The molecule has 1 amide bonds. The van der Waals surface area contributed by atoms with Crippen LogP contribution in [0.2, 0.25) is 0 Å². The van der Waals surface area contributed by atoms with Gasteiger partial charge in [-0.15, -0.1) is 0 Å². The minimum absolute atomic E-state index is 0.0863. The van der Waals surface area contributed by atoms with Crippen molar-refractivity contribution in [2.75, 3.05) is 31.1 Å². The van der Waals surface area contributed by atoms with E-state index in [-0.39, 0.29) is 30.8 Å². The first-order valence-corrected chi connectivity index (χ1v) is 15.2. The standard InChI is InChI=1S/C36H29F4N5O4/c37-25-17-31(39)28(32(40)18-25)15-23-16-29(35(48)45(20-23)21-24-3-1-2-4-30(24)38)33(46)19-34(47)36(49)43-13-11-42(12-14-43)26-5-7-27(8-6-26)44-10-9-41-22-44/h1-10,16-20,22,46H,11-15,21H2/b33-19+. The number of aliphatic hydroxyl groups excluding tert-OH is 1. The van der Waals surface area contributed by atoms with E-state index in [1.165, 1.54) is 29.3 Å². The van der Waals surface area contributed by atoms with E-state index in [0.717, 1.165) is 22.0 Å². The minimum atomic E-state index is -1.17. The molecule has 0 aliphatic carbocycles. The van der Waals surface area contributed by atoms with Crippen LogP contribution in [0.5, 0.6) is 0 Å². The molecule has 0 atom stereocenters. The lowest BCUT2D eigenvalue weighted by Gasteiger charge is -2.35. The Labute approximate surface area is 277 Å². The molecular formula is C36H29F4N5O4. The quantitative estimate of drug-likeness (QED) is 0.102. The summed E-state index contributed by atoms with van der Waals surface area (Å²) in [6, 6.07) is 15.5. The smallest absolute Gasteiger partial charge is 0.294 e. The summed E-state index contributed by atoms with van der Waals surface area (Å²) >= 11 is 0. The van der Waals surface area contributed by atoms with Crippen LogP contribution in [0.1, 0.15) is 22.3 Å². The molecule has 0 spiro atoms. The van der Waals surface area contributed by atoms with E-state index >= 15 is 0 Å². The summed E-state index contributed by atoms with van der Waals surface area (Å²) in [4.78, 5) is 47.0. The molecule has 3 heterocycles. The van der Waals surface area contributed by atoms with Gasteiger partial charge in [-0.25, -0.2) is 22.5 Å². The van der Waals surface area contributed by atoms with Gasteiger partial charge in [-0.1, -0.05) is 18.2 Å². The van der Waals surface area contributed by atoms with E-state index in [1.807, 2.05) is 35.0 Å². The van der Waals surface area contributed by atoms with Crippen molar-refractivity contribution in [1.82, 2.24) is 19.0 Å². The van der Waals surface area contributed by atoms with E-state index in [9.17, 15) is 37.1 Å². The highest BCUT2D eigenvalue weighted by molar-refractivity contribution is 6.41. The van der Waals surface area contributed by atoms with Gasteiger partial charge in [0.25, 0.3) is 11.5 Å². The van der Waals surface area contributed by atoms with Crippen molar-refractivity contribution < 1.29 is 32.3 Å². The number of aliphatic hydroxyl groups is 1. The van der Waals surface area contributed by atoms with Crippen LogP contribution in [-0.2, 0) is 22.6 Å². The number of carbonyl (C=O) groups excluding carboxylic acids is 2. The summed E-state index contributed by atoms with van der Waals surface area (Å²) in [5, 5.41) is 11.0. The van der Waals surface area contributed by atoms with Crippen LogP contribution in [0.4, 0.5) is 23.2 Å². The number of nitrogens with zero attached hydrogens (tertiary/aromatic N) is 5. The van der Waals surface area contributed by atoms with Gasteiger partial charge in [0.15, 0.2) is 0 Å². The third kappa shape index (κ3) is 7.30. The maximum atomic E-state index is 14.5. The Hall–Kier alpha value is -5.98. The molecular weight excluding hydrogens is 642 g/mol. The van der Waals surface area contributed by atoms with E-state index in [0.29, 0.717) is 31.3 Å². The second kappa shape index (κ2) is 14.0. The molecule has 49 heavy (non-hydrogen) atoms. The van der Waals surface area contributed by atoms with Crippen LogP contribution in [0.25, 0.3) is 11.4 Å². The van der Waals surface area contributed by atoms with Gasteiger partial charge in [-0.05, 0) is 42.0 Å². The number of imidazole rings is 1. The first-order chi connectivity index (χ1) is 23.6. The SMILES string of the molecule is O=C(/C=C(/O)c1cc(Cc2c(F)cc(F)cc2F)cn(Cc2ccccc2F)c1=O)C(=O)N1CCN(c2ccc(-n3ccnc3)cc2)CC1. The summed E-state index contributed by atoms with van der Waals surface area (Å²) in [6.07, 6.45) is 6.58. The number of pyridine rings is 1. The van der Waals surface area contributed by atoms with Gasteiger partial charge in [0.1, 0.15) is 29.0 Å². The highest BCUT2D eigenvalue weighted by Gasteiger charge is 2.26. The van der Waals surface area contributed by atoms with Crippen molar-refractivity contribution in [3.05, 3.63) is 154 Å².